The first-order valence-corrected chi connectivity index (χ1v) is 12.2. The normalized spacial score (nSPS) is 20.7. The lowest BCUT2D eigenvalue weighted by atomic mass is 9.89. The van der Waals surface area contributed by atoms with Gasteiger partial charge in [0.05, 0.1) is 10.9 Å². The van der Waals surface area contributed by atoms with E-state index in [4.69, 9.17) is 4.74 Å². The highest BCUT2D eigenvalue weighted by atomic mass is 32.2. The van der Waals surface area contributed by atoms with Crippen LogP contribution in [0.2, 0.25) is 0 Å². The van der Waals surface area contributed by atoms with Crippen molar-refractivity contribution in [3.63, 3.8) is 0 Å². The number of hydrogen-bond acceptors (Lipinski definition) is 4. The Morgan fingerprint density at radius 3 is 2.52 bits per heavy atom. The predicted octanol–water partition coefficient (Wildman–Crippen LogP) is 4.12. The van der Waals surface area contributed by atoms with Crippen molar-refractivity contribution in [1.29, 1.82) is 0 Å². The first kappa shape index (κ1) is 21.8. The van der Waals surface area contributed by atoms with Gasteiger partial charge in [0, 0.05) is 30.6 Å². The average Bonchev–Trinajstić information content (AvgIpc) is 3.22. The minimum Gasteiger partial charge on any atom is -0.487 e. The van der Waals surface area contributed by atoms with E-state index in [1.165, 1.54) is 10.4 Å². The molecule has 1 amide bonds. The number of sulfonamides is 1. The minimum atomic E-state index is -3.60. The summed E-state index contributed by atoms with van der Waals surface area (Å²) in [5.41, 5.74) is 2.61. The number of hydrogen-bond donors (Lipinski definition) is 1. The molecule has 1 saturated heterocycles. The highest BCUT2D eigenvalue weighted by Gasteiger charge is 2.35. The molecule has 1 unspecified atom stereocenters. The van der Waals surface area contributed by atoms with E-state index >= 15 is 0 Å². The van der Waals surface area contributed by atoms with Crippen molar-refractivity contribution >= 4 is 15.9 Å². The van der Waals surface area contributed by atoms with Gasteiger partial charge in [-0.25, -0.2) is 8.42 Å². The molecule has 2 aromatic carbocycles. The minimum absolute atomic E-state index is 0.213. The maximum atomic E-state index is 13.2. The second kappa shape index (κ2) is 7.95. The lowest BCUT2D eigenvalue weighted by molar-refractivity contribution is 0.0619. The third kappa shape index (κ3) is 4.34. The second-order valence-corrected chi connectivity index (χ2v) is 11.1. The molecule has 166 valence electrons. The van der Waals surface area contributed by atoms with E-state index < -0.39 is 15.6 Å². The van der Waals surface area contributed by atoms with E-state index in [1.54, 1.807) is 19.1 Å². The van der Waals surface area contributed by atoms with Gasteiger partial charge < -0.3 is 10.1 Å². The van der Waals surface area contributed by atoms with Gasteiger partial charge in [-0.05, 0) is 69.9 Å². The third-order valence-corrected chi connectivity index (χ3v) is 8.11. The van der Waals surface area contributed by atoms with E-state index in [-0.39, 0.29) is 16.8 Å². The lowest BCUT2D eigenvalue weighted by Gasteiger charge is -2.38. The fourth-order valence-corrected chi connectivity index (χ4v) is 6.18. The Labute approximate surface area is 184 Å². The zero-order chi connectivity index (χ0) is 22.4. The molecule has 6 nitrogen and oxygen atoms in total. The van der Waals surface area contributed by atoms with Crippen LogP contribution in [0, 0.1) is 13.8 Å². The standard InChI is InChI=1S/C24H30N2O4S/c1-16-7-10-19-20(15-24(3,4)30-21(19)13-16)25-23(27)18-9-8-17(2)22(14-18)31(28,29)26-11-5-6-12-26/h7-10,13-14,20H,5-6,11-12,15H2,1-4H3,(H,25,27). The van der Waals surface area contributed by atoms with Gasteiger partial charge in [-0.15, -0.1) is 0 Å². The second-order valence-electron chi connectivity index (χ2n) is 9.22. The van der Waals surface area contributed by atoms with E-state index in [0.717, 1.165) is 29.7 Å². The number of nitrogens with one attached hydrogen (secondary N) is 1. The van der Waals surface area contributed by atoms with Crippen LogP contribution < -0.4 is 10.1 Å². The van der Waals surface area contributed by atoms with Crippen LogP contribution in [0.1, 0.15) is 66.2 Å². The van der Waals surface area contributed by atoms with Crippen LogP contribution in [-0.4, -0.2) is 37.3 Å². The van der Waals surface area contributed by atoms with Crippen molar-refractivity contribution in [3.8, 4) is 5.75 Å². The summed E-state index contributed by atoms with van der Waals surface area (Å²) in [4.78, 5) is 13.4. The molecule has 2 aliphatic heterocycles. The van der Waals surface area contributed by atoms with Crippen LogP contribution in [0.15, 0.2) is 41.3 Å². The van der Waals surface area contributed by atoms with Crippen LogP contribution in [0.5, 0.6) is 5.75 Å². The predicted molar refractivity (Wildman–Crippen MR) is 120 cm³/mol. The number of rotatable bonds is 4. The van der Waals surface area contributed by atoms with Crippen LogP contribution in [0.25, 0.3) is 0 Å². The van der Waals surface area contributed by atoms with Gasteiger partial charge in [0.1, 0.15) is 11.4 Å². The number of nitrogens with zero attached hydrogens (tertiary/aromatic N) is 1. The van der Waals surface area contributed by atoms with Crippen molar-refractivity contribution in [2.75, 3.05) is 13.1 Å². The van der Waals surface area contributed by atoms with Gasteiger partial charge in [-0.2, -0.15) is 4.31 Å². The van der Waals surface area contributed by atoms with Crippen LogP contribution in [0.4, 0.5) is 0 Å². The summed E-state index contributed by atoms with van der Waals surface area (Å²) >= 11 is 0. The molecule has 1 fully saturated rings. The number of carbonyl (C=O) groups is 1. The Balaban J connectivity index is 1.63. The summed E-state index contributed by atoms with van der Waals surface area (Å²) in [6.45, 7) is 8.85. The Morgan fingerprint density at radius 1 is 1.10 bits per heavy atom. The molecule has 2 aliphatic rings. The molecule has 0 radical (unpaired) electrons. The summed E-state index contributed by atoms with van der Waals surface area (Å²) in [5.74, 6) is 0.495. The summed E-state index contributed by atoms with van der Waals surface area (Å²) in [6.07, 6.45) is 2.37. The number of benzene rings is 2. The molecule has 31 heavy (non-hydrogen) atoms. The molecule has 0 spiro atoms. The van der Waals surface area contributed by atoms with E-state index in [1.807, 2.05) is 39.0 Å². The quantitative estimate of drug-likeness (QED) is 0.773. The van der Waals surface area contributed by atoms with Crippen molar-refractivity contribution in [3.05, 3.63) is 58.7 Å². The molecule has 7 heteroatoms. The molecule has 1 atom stereocenters. The molecule has 2 aromatic rings. The number of amides is 1. The van der Waals surface area contributed by atoms with Gasteiger partial charge >= 0.3 is 0 Å². The highest BCUT2D eigenvalue weighted by molar-refractivity contribution is 7.89. The smallest absolute Gasteiger partial charge is 0.251 e. The van der Waals surface area contributed by atoms with Crippen LogP contribution in [-0.2, 0) is 10.0 Å². The van der Waals surface area contributed by atoms with Crippen molar-refractivity contribution < 1.29 is 17.9 Å². The Morgan fingerprint density at radius 2 is 1.81 bits per heavy atom. The largest absolute Gasteiger partial charge is 0.487 e. The zero-order valence-corrected chi connectivity index (χ0v) is 19.4. The zero-order valence-electron chi connectivity index (χ0n) is 18.6. The van der Waals surface area contributed by atoms with Gasteiger partial charge in [0.2, 0.25) is 10.0 Å². The number of fused-ring (bicyclic) bond motifs is 1. The first-order chi connectivity index (χ1) is 14.6. The number of aryl methyl sites for hydroxylation is 2. The highest BCUT2D eigenvalue weighted by Crippen LogP contribution is 2.40. The molecule has 4 rings (SSSR count). The molecular weight excluding hydrogens is 412 g/mol. The molecule has 0 saturated carbocycles. The maximum absolute atomic E-state index is 13.2. The van der Waals surface area contributed by atoms with E-state index in [9.17, 15) is 13.2 Å². The number of carbonyl (C=O) groups excluding carboxylic acids is 1. The van der Waals surface area contributed by atoms with Crippen molar-refractivity contribution in [1.82, 2.24) is 9.62 Å². The fraction of sp³-hybridized carbons (Fsp3) is 0.458. The van der Waals surface area contributed by atoms with Crippen LogP contribution >= 0.6 is 0 Å². The molecular formula is C24H30N2O4S. The maximum Gasteiger partial charge on any atom is 0.251 e. The molecule has 1 N–H and O–H groups in total. The number of ether oxygens (including phenoxy) is 1. The molecule has 0 bridgehead atoms. The molecule has 2 heterocycles. The van der Waals surface area contributed by atoms with Crippen molar-refractivity contribution in [2.24, 2.45) is 0 Å². The monoisotopic (exact) mass is 442 g/mol. The SMILES string of the molecule is Cc1ccc2c(c1)OC(C)(C)CC2NC(=O)c1ccc(C)c(S(=O)(=O)N2CCCC2)c1. The van der Waals surface area contributed by atoms with Crippen molar-refractivity contribution in [2.45, 2.75) is 63.5 Å². The van der Waals surface area contributed by atoms with Gasteiger partial charge in [0.15, 0.2) is 0 Å². The van der Waals surface area contributed by atoms with Gasteiger partial charge in [0.25, 0.3) is 5.91 Å². The van der Waals surface area contributed by atoms with Gasteiger partial charge in [-0.3, -0.25) is 4.79 Å². The average molecular weight is 443 g/mol. The summed E-state index contributed by atoms with van der Waals surface area (Å²) in [5, 5.41) is 3.11. The lowest BCUT2D eigenvalue weighted by Crippen LogP contribution is -2.41. The Hall–Kier alpha value is -2.38. The van der Waals surface area contributed by atoms with Gasteiger partial charge in [-0.1, -0.05) is 18.2 Å². The first-order valence-electron chi connectivity index (χ1n) is 10.8. The summed E-state index contributed by atoms with van der Waals surface area (Å²) in [7, 11) is -3.60. The Kier molecular flexibility index (Phi) is 5.60. The third-order valence-electron chi connectivity index (χ3n) is 6.06. The molecule has 0 aliphatic carbocycles. The fourth-order valence-electron chi connectivity index (χ4n) is 4.42. The van der Waals surface area contributed by atoms with E-state index in [2.05, 4.69) is 5.32 Å². The Bertz CT molecular complexity index is 1120. The topological polar surface area (TPSA) is 75.7 Å². The summed E-state index contributed by atoms with van der Waals surface area (Å²) in [6, 6.07) is 10.7. The van der Waals surface area contributed by atoms with E-state index in [0.29, 0.717) is 30.6 Å². The molecule has 0 aromatic heterocycles. The van der Waals surface area contributed by atoms with Crippen LogP contribution in [0.3, 0.4) is 0 Å². The summed E-state index contributed by atoms with van der Waals surface area (Å²) < 4.78 is 33.8.